The lowest BCUT2D eigenvalue weighted by Crippen LogP contribution is -2.53. The summed E-state index contributed by atoms with van der Waals surface area (Å²) >= 11 is 0. The van der Waals surface area contributed by atoms with Gasteiger partial charge in [0.2, 0.25) is 0 Å². The van der Waals surface area contributed by atoms with Gasteiger partial charge in [-0.2, -0.15) is 13.2 Å². The molecule has 2 atom stereocenters. The van der Waals surface area contributed by atoms with E-state index in [-0.39, 0.29) is 5.56 Å². The molecular formula is C13H18F3NO. The van der Waals surface area contributed by atoms with Gasteiger partial charge >= 0.3 is 6.18 Å². The van der Waals surface area contributed by atoms with Crippen LogP contribution >= 0.6 is 0 Å². The van der Waals surface area contributed by atoms with Gasteiger partial charge in [-0.05, 0) is 26.3 Å². The second-order valence-corrected chi connectivity index (χ2v) is 4.93. The Labute approximate surface area is 105 Å². The van der Waals surface area contributed by atoms with Crippen molar-refractivity contribution in [2.75, 3.05) is 0 Å². The molecule has 0 radical (unpaired) electrons. The molecule has 102 valence electrons. The van der Waals surface area contributed by atoms with Gasteiger partial charge in [-0.25, -0.2) is 0 Å². The first-order valence-electron chi connectivity index (χ1n) is 5.72. The van der Waals surface area contributed by atoms with Gasteiger partial charge in [0.1, 0.15) is 6.04 Å². The number of aliphatic hydroxyl groups excluding tert-OH is 1. The maximum absolute atomic E-state index is 13.1. The average Bonchev–Trinajstić information content (AvgIpc) is 2.25. The third-order valence-corrected chi connectivity index (χ3v) is 3.02. The number of hydrogen-bond acceptors (Lipinski definition) is 2. The van der Waals surface area contributed by atoms with E-state index in [4.69, 9.17) is 0 Å². The molecule has 0 saturated heterocycles. The lowest BCUT2D eigenvalue weighted by Gasteiger charge is -2.35. The molecule has 2 N–H and O–H groups in total. The van der Waals surface area contributed by atoms with E-state index >= 15 is 0 Å². The highest BCUT2D eigenvalue weighted by Gasteiger charge is 2.44. The van der Waals surface area contributed by atoms with Crippen molar-refractivity contribution in [2.45, 2.75) is 44.6 Å². The Kier molecular flexibility index (Phi) is 4.40. The van der Waals surface area contributed by atoms with E-state index in [1.165, 1.54) is 19.1 Å². The Balaban J connectivity index is 3.02. The zero-order valence-electron chi connectivity index (χ0n) is 10.6. The Bertz CT molecular complexity index is 374. The summed E-state index contributed by atoms with van der Waals surface area (Å²) in [5.41, 5.74) is -0.894. The summed E-state index contributed by atoms with van der Waals surface area (Å²) in [4.78, 5) is 0. The van der Waals surface area contributed by atoms with Crippen molar-refractivity contribution < 1.29 is 18.3 Å². The predicted octanol–water partition coefficient (Wildman–Crippen LogP) is 3.04. The highest BCUT2D eigenvalue weighted by atomic mass is 19.4. The van der Waals surface area contributed by atoms with Crippen molar-refractivity contribution >= 4 is 0 Å². The minimum atomic E-state index is -4.41. The van der Waals surface area contributed by atoms with Crippen molar-refractivity contribution in [3.63, 3.8) is 0 Å². The second-order valence-electron chi connectivity index (χ2n) is 4.93. The van der Waals surface area contributed by atoms with Crippen molar-refractivity contribution in [2.24, 2.45) is 0 Å². The molecule has 2 unspecified atom stereocenters. The normalized spacial score (nSPS) is 16.4. The fourth-order valence-corrected chi connectivity index (χ4v) is 1.49. The average molecular weight is 261 g/mol. The molecule has 18 heavy (non-hydrogen) atoms. The quantitative estimate of drug-likeness (QED) is 0.873. The molecule has 0 saturated carbocycles. The monoisotopic (exact) mass is 261 g/mol. The van der Waals surface area contributed by atoms with Gasteiger partial charge in [0.15, 0.2) is 0 Å². The molecule has 0 heterocycles. The van der Waals surface area contributed by atoms with Gasteiger partial charge in [0.05, 0.1) is 6.10 Å². The van der Waals surface area contributed by atoms with E-state index in [2.05, 4.69) is 5.32 Å². The predicted molar refractivity (Wildman–Crippen MR) is 64.1 cm³/mol. The third-order valence-electron chi connectivity index (χ3n) is 3.02. The van der Waals surface area contributed by atoms with Crippen LogP contribution in [0.15, 0.2) is 30.3 Å². The molecule has 1 aromatic rings. The van der Waals surface area contributed by atoms with Crippen molar-refractivity contribution in [3.8, 4) is 0 Å². The first-order chi connectivity index (χ1) is 8.14. The molecule has 0 aliphatic rings. The topological polar surface area (TPSA) is 32.3 Å². The summed E-state index contributed by atoms with van der Waals surface area (Å²) in [6, 6.07) is 5.84. The van der Waals surface area contributed by atoms with E-state index in [0.29, 0.717) is 0 Å². The van der Waals surface area contributed by atoms with Crippen molar-refractivity contribution in [1.29, 1.82) is 0 Å². The van der Waals surface area contributed by atoms with Crippen LogP contribution in [0.4, 0.5) is 13.2 Å². The standard InChI is InChI=1S/C13H18F3NO/c1-9(18)12(2,3)17-11(13(14,15)16)10-7-5-4-6-8-10/h4-9,11,17-18H,1-3H3. The lowest BCUT2D eigenvalue weighted by atomic mass is 9.95. The third kappa shape index (κ3) is 3.71. The van der Waals surface area contributed by atoms with Crippen LogP contribution in [0.3, 0.4) is 0 Å². The number of benzene rings is 1. The molecule has 0 spiro atoms. The van der Waals surface area contributed by atoms with Gasteiger partial charge in [0, 0.05) is 5.54 Å². The number of rotatable bonds is 4. The summed E-state index contributed by atoms with van der Waals surface area (Å²) < 4.78 is 39.2. The van der Waals surface area contributed by atoms with E-state index in [1.807, 2.05) is 0 Å². The lowest BCUT2D eigenvalue weighted by molar-refractivity contribution is -0.164. The van der Waals surface area contributed by atoms with Gasteiger partial charge < -0.3 is 5.11 Å². The fraction of sp³-hybridized carbons (Fsp3) is 0.538. The zero-order chi connectivity index (χ0) is 14.0. The molecule has 0 bridgehead atoms. The van der Waals surface area contributed by atoms with Crippen LogP contribution in [0.1, 0.15) is 32.4 Å². The van der Waals surface area contributed by atoms with Gasteiger partial charge in [0.25, 0.3) is 0 Å². The molecule has 1 rings (SSSR count). The van der Waals surface area contributed by atoms with Crippen molar-refractivity contribution in [1.82, 2.24) is 5.32 Å². The number of hydrogen-bond donors (Lipinski definition) is 2. The summed E-state index contributed by atoms with van der Waals surface area (Å²) in [5, 5.41) is 12.0. The van der Waals surface area contributed by atoms with Crippen LogP contribution in [0, 0.1) is 0 Å². The van der Waals surface area contributed by atoms with E-state index in [1.54, 1.807) is 32.0 Å². The Morgan fingerprint density at radius 1 is 1.11 bits per heavy atom. The van der Waals surface area contributed by atoms with E-state index < -0.39 is 23.9 Å². The van der Waals surface area contributed by atoms with Crippen LogP contribution in [0.25, 0.3) is 0 Å². The number of aliphatic hydroxyl groups is 1. The van der Waals surface area contributed by atoms with Gasteiger partial charge in [-0.3, -0.25) is 5.32 Å². The second kappa shape index (κ2) is 5.28. The van der Waals surface area contributed by atoms with Crippen LogP contribution in [-0.2, 0) is 0 Å². The van der Waals surface area contributed by atoms with Crippen LogP contribution in [0.2, 0.25) is 0 Å². The summed E-state index contributed by atoms with van der Waals surface area (Å²) in [5.74, 6) is 0. The van der Waals surface area contributed by atoms with Crippen LogP contribution < -0.4 is 5.32 Å². The van der Waals surface area contributed by atoms with E-state index in [9.17, 15) is 18.3 Å². The summed E-state index contributed by atoms with van der Waals surface area (Å²) in [6.07, 6.45) is -5.31. The molecule has 0 aliphatic carbocycles. The molecule has 1 aromatic carbocycles. The fourth-order valence-electron chi connectivity index (χ4n) is 1.49. The molecular weight excluding hydrogens is 243 g/mol. The zero-order valence-corrected chi connectivity index (χ0v) is 10.6. The highest BCUT2D eigenvalue weighted by molar-refractivity contribution is 5.21. The summed E-state index contributed by atoms with van der Waals surface area (Å²) in [7, 11) is 0. The van der Waals surface area contributed by atoms with Crippen LogP contribution in [0.5, 0.6) is 0 Å². The van der Waals surface area contributed by atoms with Gasteiger partial charge in [-0.1, -0.05) is 30.3 Å². The molecule has 0 aromatic heterocycles. The number of nitrogens with one attached hydrogen (secondary N) is 1. The van der Waals surface area contributed by atoms with Crippen LogP contribution in [-0.4, -0.2) is 22.9 Å². The Morgan fingerprint density at radius 3 is 2.00 bits per heavy atom. The first kappa shape index (κ1) is 15.0. The molecule has 0 amide bonds. The molecule has 2 nitrogen and oxygen atoms in total. The largest absolute Gasteiger partial charge is 0.407 e. The molecule has 0 fully saturated rings. The Hall–Kier alpha value is -1.07. The highest BCUT2D eigenvalue weighted by Crippen LogP contribution is 2.34. The minimum absolute atomic E-state index is 0.138. The van der Waals surface area contributed by atoms with Gasteiger partial charge in [-0.15, -0.1) is 0 Å². The maximum Gasteiger partial charge on any atom is 0.407 e. The summed E-state index contributed by atoms with van der Waals surface area (Å²) in [6.45, 7) is 4.55. The molecule has 5 heteroatoms. The minimum Gasteiger partial charge on any atom is -0.392 e. The Morgan fingerprint density at radius 2 is 1.61 bits per heavy atom. The first-order valence-corrected chi connectivity index (χ1v) is 5.72. The smallest absolute Gasteiger partial charge is 0.392 e. The molecule has 0 aliphatic heterocycles. The number of halogens is 3. The number of alkyl halides is 3. The van der Waals surface area contributed by atoms with Crippen molar-refractivity contribution in [3.05, 3.63) is 35.9 Å². The maximum atomic E-state index is 13.1. The SMILES string of the molecule is CC(O)C(C)(C)NC(c1ccccc1)C(F)(F)F. The van der Waals surface area contributed by atoms with E-state index in [0.717, 1.165) is 0 Å².